The number of phenolic OH excluding ortho intramolecular Hbond substituents is 2. The Bertz CT molecular complexity index is 1730. The predicted octanol–water partition coefficient (Wildman–Crippen LogP) is 8.83. The highest BCUT2D eigenvalue weighted by Crippen LogP contribution is 2.40. The molecular formula is C39H49BN4O2. The molecule has 1 heterocycles. The number of rotatable bonds is 4. The molecule has 0 amide bonds. The zero-order valence-electron chi connectivity index (χ0n) is 29.9. The van der Waals surface area contributed by atoms with Crippen LogP contribution >= 0.6 is 0 Å². The molecule has 0 fully saturated rings. The van der Waals surface area contributed by atoms with Crippen LogP contribution in [-0.4, -0.2) is 40.5 Å². The van der Waals surface area contributed by atoms with Crippen molar-refractivity contribution < 1.29 is 10.2 Å². The molecule has 3 aromatic carbocycles. The highest BCUT2D eigenvalue weighted by atomic mass is 16.3. The fourth-order valence-corrected chi connectivity index (χ4v) is 5.19. The largest absolute Gasteiger partial charge is 0.507 e. The summed E-state index contributed by atoms with van der Waals surface area (Å²) in [5, 5.41) is 22.8. The van der Waals surface area contributed by atoms with E-state index in [1.165, 1.54) is 0 Å². The van der Waals surface area contributed by atoms with Gasteiger partial charge in [-0.15, -0.1) is 0 Å². The Morgan fingerprint density at radius 2 is 0.935 bits per heavy atom. The Balaban J connectivity index is 1.95. The van der Waals surface area contributed by atoms with Gasteiger partial charge in [-0.1, -0.05) is 95.2 Å². The van der Waals surface area contributed by atoms with Crippen LogP contribution in [0.5, 0.6) is 11.5 Å². The van der Waals surface area contributed by atoms with Gasteiger partial charge in [0, 0.05) is 46.0 Å². The van der Waals surface area contributed by atoms with Crippen LogP contribution in [0.3, 0.4) is 0 Å². The molecule has 0 aliphatic heterocycles. The standard InChI is InChI=1S/C39H49BN4O2/c1-22-35(40)44-32-19-30(42-21-24-15-26(37(5,6)7)17-28(34(24)46)39(11,12)13)29(18-31(32)43-22)41-20-23-14-25(36(2,3)4)16-27(33(23)45)38(8,9)10/h14-21,45-46H,1-13H3. The smallest absolute Gasteiger partial charge is 0.144 e. The van der Waals surface area contributed by atoms with Crippen LogP contribution in [0, 0.1) is 6.92 Å². The van der Waals surface area contributed by atoms with Gasteiger partial charge in [0.25, 0.3) is 0 Å². The Labute approximate surface area is 276 Å². The van der Waals surface area contributed by atoms with Crippen molar-refractivity contribution in [2.24, 2.45) is 9.98 Å². The Morgan fingerprint density at radius 1 is 0.565 bits per heavy atom. The number of aromatic nitrogens is 2. The SMILES string of the molecule is [B]c1nc2cc(N=Cc3cc(C(C)(C)C)cc(C(C)(C)C)c3O)c(N=Cc3cc(C(C)(C)C)cc(C(C)(C)C)c3O)cc2nc1C. The van der Waals surface area contributed by atoms with Gasteiger partial charge >= 0.3 is 0 Å². The average molecular weight is 617 g/mol. The van der Waals surface area contributed by atoms with E-state index < -0.39 is 0 Å². The predicted molar refractivity (Wildman–Crippen MR) is 195 cm³/mol. The van der Waals surface area contributed by atoms with Crippen LogP contribution in [0.2, 0.25) is 0 Å². The maximum absolute atomic E-state index is 11.4. The van der Waals surface area contributed by atoms with Crippen LogP contribution < -0.4 is 5.59 Å². The number of nitrogens with zero attached hydrogens (tertiary/aromatic N) is 4. The van der Waals surface area contributed by atoms with E-state index in [-0.39, 0.29) is 33.2 Å². The monoisotopic (exact) mass is 616 g/mol. The maximum Gasteiger partial charge on any atom is 0.144 e. The van der Waals surface area contributed by atoms with Gasteiger partial charge in [0.1, 0.15) is 19.3 Å². The number of aliphatic imine (C=N–C) groups is 2. The second-order valence-corrected chi connectivity index (χ2v) is 16.5. The summed E-state index contributed by atoms with van der Waals surface area (Å²) in [5.74, 6) is 0.408. The zero-order valence-corrected chi connectivity index (χ0v) is 29.9. The molecule has 0 bridgehead atoms. The van der Waals surface area contributed by atoms with Crippen LogP contribution in [0.4, 0.5) is 11.4 Å². The minimum absolute atomic E-state index is 0.128. The molecule has 0 aliphatic rings. The Hall–Kier alpha value is -4.00. The number of aromatic hydroxyl groups is 2. The zero-order chi connectivity index (χ0) is 34.6. The van der Waals surface area contributed by atoms with E-state index in [1.54, 1.807) is 12.4 Å². The van der Waals surface area contributed by atoms with Crippen LogP contribution in [0.15, 0.2) is 46.4 Å². The topological polar surface area (TPSA) is 91.0 Å². The molecule has 7 heteroatoms. The summed E-state index contributed by atoms with van der Waals surface area (Å²) in [6, 6.07) is 11.8. The van der Waals surface area contributed by atoms with Gasteiger partial charge in [-0.05, 0) is 64.0 Å². The highest BCUT2D eigenvalue weighted by Gasteiger charge is 2.26. The Morgan fingerprint density at radius 3 is 1.28 bits per heavy atom. The first-order chi connectivity index (χ1) is 21.0. The molecule has 0 spiro atoms. The minimum atomic E-state index is -0.271. The van der Waals surface area contributed by atoms with Crippen LogP contribution in [-0.2, 0) is 21.7 Å². The first-order valence-corrected chi connectivity index (χ1v) is 15.9. The van der Waals surface area contributed by atoms with E-state index >= 15 is 0 Å². The lowest BCUT2D eigenvalue weighted by molar-refractivity contribution is 0.443. The van der Waals surface area contributed by atoms with Crippen LogP contribution in [0.1, 0.15) is 122 Å². The molecule has 2 N–H and O–H groups in total. The summed E-state index contributed by atoms with van der Waals surface area (Å²) in [6.07, 6.45) is 3.37. The summed E-state index contributed by atoms with van der Waals surface area (Å²) in [4.78, 5) is 18.9. The first kappa shape index (κ1) is 34.9. The highest BCUT2D eigenvalue weighted by molar-refractivity contribution is 6.31. The third kappa shape index (κ3) is 7.51. The van der Waals surface area contributed by atoms with Gasteiger partial charge in [0.15, 0.2) is 0 Å². The third-order valence-electron chi connectivity index (χ3n) is 8.28. The molecule has 4 aromatic rings. The van der Waals surface area contributed by atoms with Crippen molar-refractivity contribution >= 4 is 48.3 Å². The van der Waals surface area contributed by atoms with E-state index in [0.717, 1.165) is 22.3 Å². The quantitative estimate of drug-likeness (QED) is 0.177. The van der Waals surface area contributed by atoms with Crippen LogP contribution in [0.25, 0.3) is 11.0 Å². The minimum Gasteiger partial charge on any atom is -0.507 e. The lowest BCUT2D eigenvalue weighted by Crippen LogP contribution is -2.17. The third-order valence-corrected chi connectivity index (χ3v) is 8.28. The molecule has 1 aromatic heterocycles. The molecule has 0 atom stereocenters. The van der Waals surface area contributed by atoms with Crippen molar-refractivity contribution in [2.45, 2.75) is 112 Å². The summed E-state index contributed by atoms with van der Waals surface area (Å²) in [7, 11) is 6.12. The number of hydrogen-bond donors (Lipinski definition) is 2. The fraction of sp³-hybridized carbons (Fsp3) is 0.436. The number of hydrogen-bond acceptors (Lipinski definition) is 6. The summed E-state index contributed by atoms with van der Waals surface area (Å²) >= 11 is 0. The molecule has 0 aliphatic carbocycles. The maximum atomic E-state index is 11.4. The van der Waals surface area contributed by atoms with Gasteiger partial charge in [-0.25, -0.2) is 0 Å². The fourth-order valence-electron chi connectivity index (χ4n) is 5.19. The average Bonchev–Trinajstić information content (AvgIpc) is 2.90. The molecule has 0 unspecified atom stereocenters. The van der Waals surface area contributed by atoms with Gasteiger partial charge in [0.2, 0.25) is 0 Å². The Kier molecular flexibility index (Phi) is 9.08. The first-order valence-electron chi connectivity index (χ1n) is 15.9. The van der Waals surface area contributed by atoms with Crippen molar-refractivity contribution in [1.29, 1.82) is 0 Å². The van der Waals surface area contributed by atoms with Gasteiger partial charge in [0.05, 0.1) is 22.4 Å². The van der Waals surface area contributed by atoms with Gasteiger partial charge < -0.3 is 10.2 Å². The van der Waals surface area contributed by atoms with Crippen molar-refractivity contribution in [3.8, 4) is 11.5 Å². The molecule has 46 heavy (non-hydrogen) atoms. The summed E-state index contributed by atoms with van der Waals surface area (Å²) in [6.45, 7) is 27.3. The second kappa shape index (κ2) is 12.0. The molecule has 4 rings (SSSR count). The molecular weight excluding hydrogens is 567 g/mol. The van der Waals surface area contributed by atoms with E-state index in [2.05, 4.69) is 105 Å². The van der Waals surface area contributed by atoms with Crippen molar-refractivity contribution in [1.82, 2.24) is 9.97 Å². The number of fused-ring (bicyclic) bond motifs is 1. The van der Waals surface area contributed by atoms with Gasteiger partial charge in [-0.2, -0.15) is 0 Å². The number of phenols is 2. The summed E-state index contributed by atoms with van der Waals surface area (Å²) in [5.41, 5.74) is 7.64. The molecule has 0 saturated heterocycles. The molecule has 2 radical (unpaired) electrons. The lowest BCUT2D eigenvalue weighted by Gasteiger charge is -2.27. The summed E-state index contributed by atoms with van der Waals surface area (Å²) < 4.78 is 0. The molecule has 6 nitrogen and oxygen atoms in total. The van der Waals surface area contributed by atoms with Crippen molar-refractivity contribution in [2.75, 3.05) is 0 Å². The van der Waals surface area contributed by atoms with E-state index in [1.807, 2.05) is 31.2 Å². The van der Waals surface area contributed by atoms with Gasteiger partial charge in [-0.3, -0.25) is 20.0 Å². The lowest BCUT2D eigenvalue weighted by atomic mass is 9.79. The molecule has 0 saturated carbocycles. The number of benzene rings is 3. The van der Waals surface area contributed by atoms with E-state index in [0.29, 0.717) is 44.8 Å². The molecule has 240 valence electrons. The van der Waals surface area contributed by atoms with E-state index in [9.17, 15) is 10.2 Å². The van der Waals surface area contributed by atoms with E-state index in [4.69, 9.17) is 17.8 Å². The second-order valence-electron chi connectivity index (χ2n) is 16.5. The van der Waals surface area contributed by atoms with Crippen molar-refractivity contribution in [3.63, 3.8) is 0 Å². The normalized spacial score (nSPS) is 13.4. The van der Waals surface area contributed by atoms with Crippen molar-refractivity contribution in [3.05, 3.63) is 75.5 Å². The number of aryl methyl sites for hydroxylation is 1.